The van der Waals surface area contributed by atoms with Gasteiger partial charge in [-0.1, -0.05) is 29.8 Å². The summed E-state index contributed by atoms with van der Waals surface area (Å²) in [5.41, 5.74) is 3.79. The van der Waals surface area contributed by atoms with Crippen LogP contribution in [0.2, 0.25) is 5.02 Å². The molecule has 3 rings (SSSR count). The zero-order valence-electron chi connectivity index (χ0n) is 13.7. The summed E-state index contributed by atoms with van der Waals surface area (Å²) < 4.78 is 5.37. The average molecular weight is 345 g/mol. The number of carbonyl (C=O) groups excluding carboxylic acids is 1. The maximum absolute atomic E-state index is 12.2. The van der Waals surface area contributed by atoms with Crippen LogP contribution in [0.15, 0.2) is 42.5 Å². The largest absolute Gasteiger partial charge is 0.378 e. The van der Waals surface area contributed by atoms with Crippen LogP contribution in [0.3, 0.4) is 0 Å². The van der Waals surface area contributed by atoms with Gasteiger partial charge in [0.25, 0.3) is 5.91 Å². The summed E-state index contributed by atoms with van der Waals surface area (Å²) in [6.07, 6.45) is 0. The van der Waals surface area contributed by atoms with Crippen LogP contribution in [-0.2, 0) is 11.3 Å². The van der Waals surface area contributed by atoms with E-state index in [4.69, 9.17) is 16.3 Å². The van der Waals surface area contributed by atoms with Gasteiger partial charge in [0.1, 0.15) is 0 Å². The molecule has 2 aromatic carbocycles. The predicted molar refractivity (Wildman–Crippen MR) is 96.8 cm³/mol. The van der Waals surface area contributed by atoms with Crippen LogP contribution in [0, 0.1) is 6.92 Å². The van der Waals surface area contributed by atoms with E-state index in [-0.39, 0.29) is 5.91 Å². The number of carbonyl (C=O) groups is 1. The first-order valence-electron chi connectivity index (χ1n) is 8.09. The highest BCUT2D eigenvalue weighted by molar-refractivity contribution is 6.33. The van der Waals surface area contributed by atoms with Crippen molar-refractivity contribution in [3.63, 3.8) is 0 Å². The fourth-order valence-corrected chi connectivity index (χ4v) is 3.05. The molecule has 1 heterocycles. The molecule has 126 valence electrons. The van der Waals surface area contributed by atoms with Gasteiger partial charge in [-0.3, -0.25) is 4.79 Å². The SMILES string of the molecule is Cc1ccc(C(=O)NCc2ccc(N3CCOCC3)cc2)c(Cl)c1. The molecular formula is C19H21ClN2O2. The van der Waals surface area contributed by atoms with Crippen molar-refractivity contribution in [1.82, 2.24) is 5.32 Å². The van der Waals surface area contributed by atoms with Crippen LogP contribution in [0.25, 0.3) is 0 Å². The number of nitrogens with one attached hydrogen (secondary N) is 1. The van der Waals surface area contributed by atoms with Gasteiger partial charge in [0.2, 0.25) is 0 Å². The molecule has 0 bridgehead atoms. The Morgan fingerprint density at radius 1 is 1.17 bits per heavy atom. The standard InChI is InChI=1S/C19H21ClN2O2/c1-14-2-7-17(18(20)12-14)19(23)21-13-15-3-5-16(6-4-15)22-8-10-24-11-9-22/h2-7,12H,8-11,13H2,1H3,(H,21,23). The number of anilines is 1. The van der Waals surface area contributed by atoms with E-state index in [9.17, 15) is 4.79 Å². The summed E-state index contributed by atoms with van der Waals surface area (Å²) in [7, 11) is 0. The van der Waals surface area contributed by atoms with Gasteiger partial charge >= 0.3 is 0 Å². The summed E-state index contributed by atoms with van der Waals surface area (Å²) in [6, 6.07) is 13.7. The average Bonchev–Trinajstić information content (AvgIpc) is 2.61. The van der Waals surface area contributed by atoms with E-state index in [2.05, 4.69) is 22.3 Å². The van der Waals surface area contributed by atoms with E-state index in [1.807, 2.05) is 25.1 Å². The monoisotopic (exact) mass is 344 g/mol. The number of amides is 1. The molecule has 0 atom stereocenters. The number of aryl methyl sites for hydroxylation is 1. The Morgan fingerprint density at radius 3 is 2.54 bits per heavy atom. The van der Waals surface area contributed by atoms with E-state index >= 15 is 0 Å². The second-order valence-corrected chi connectivity index (χ2v) is 6.34. The van der Waals surface area contributed by atoms with E-state index in [0.29, 0.717) is 17.1 Å². The number of ether oxygens (including phenoxy) is 1. The van der Waals surface area contributed by atoms with Gasteiger partial charge in [0.05, 0.1) is 23.8 Å². The third-order valence-corrected chi connectivity index (χ3v) is 4.45. The summed E-state index contributed by atoms with van der Waals surface area (Å²) in [4.78, 5) is 14.6. The highest BCUT2D eigenvalue weighted by Gasteiger charge is 2.12. The highest BCUT2D eigenvalue weighted by Crippen LogP contribution is 2.19. The molecule has 0 unspecified atom stereocenters. The smallest absolute Gasteiger partial charge is 0.253 e. The Labute approximate surface area is 147 Å². The third-order valence-electron chi connectivity index (χ3n) is 4.13. The van der Waals surface area contributed by atoms with Crippen molar-refractivity contribution >= 4 is 23.2 Å². The van der Waals surface area contributed by atoms with Crippen LogP contribution in [0.1, 0.15) is 21.5 Å². The lowest BCUT2D eigenvalue weighted by Gasteiger charge is -2.28. The first kappa shape index (κ1) is 16.8. The molecule has 2 aromatic rings. The lowest BCUT2D eigenvalue weighted by molar-refractivity contribution is 0.0951. The van der Waals surface area contributed by atoms with Crippen molar-refractivity contribution in [2.24, 2.45) is 0 Å². The van der Waals surface area contributed by atoms with Crippen LogP contribution in [0.5, 0.6) is 0 Å². The summed E-state index contributed by atoms with van der Waals surface area (Å²) >= 11 is 6.14. The van der Waals surface area contributed by atoms with Crippen LogP contribution in [0.4, 0.5) is 5.69 Å². The third kappa shape index (κ3) is 4.08. The van der Waals surface area contributed by atoms with Crippen molar-refractivity contribution in [3.05, 3.63) is 64.2 Å². The molecule has 4 nitrogen and oxygen atoms in total. The number of nitrogens with zero attached hydrogens (tertiary/aromatic N) is 1. The molecule has 0 radical (unpaired) electrons. The predicted octanol–water partition coefficient (Wildman–Crippen LogP) is 3.42. The number of halogens is 1. The minimum Gasteiger partial charge on any atom is -0.378 e. The number of morpholine rings is 1. The van der Waals surface area contributed by atoms with Gasteiger partial charge in [0, 0.05) is 25.3 Å². The van der Waals surface area contributed by atoms with E-state index in [1.165, 1.54) is 5.69 Å². The number of hydrogen-bond acceptors (Lipinski definition) is 3. The van der Waals surface area contributed by atoms with Crippen molar-refractivity contribution in [2.75, 3.05) is 31.2 Å². The van der Waals surface area contributed by atoms with E-state index in [0.717, 1.165) is 37.4 Å². The normalized spacial score (nSPS) is 14.5. The van der Waals surface area contributed by atoms with Crippen LogP contribution < -0.4 is 10.2 Å². The quantitative estimate of drug-likeness (QED) is 0.924. The molecular weight excluding hydrogens is 324 g/mol. The van der Waals surface area contributed by atoms with Gasteiger partial charge in [-0.05, 0) is 42.3 Å². The second kappa shape index (κ2) is 7.69. The van der Waals surface area contributed by atoms with Gasteiger partial charge in [-0.25, -0.2) is 0 Å². The Morgan fingerprint density at radius 2 is 1.88 bits per heavy atom. The fourth-order valence-electron chi connectivity index (χ4n) is 2.73. The minimum absolute atomic E-state index is 0.155. The summed E-state index contributed by atoms with van der Waals surface area (Å²) in [5.74, 6) is -0.155. The zero-order valence-corrected chi connectivity index (χ0v) is 14.5. The molecule has 1 N–H and O–H groups in total. The van der Waals surface area contributed by atoms with Gasteiger partial charge in [-0.15, -0.1) is 0 Å². The molecule has 0 saturated carbocycles. The van der Waals surface area contributed by atoms with E-state index in [1.54, 1.807) is 12.1 Å². The molecule has 1 amide bonds. The molecule has 0 spiro atoms. The van der Waals surface area contributed by atoms with Crippen LogP contribution >= 0.6 is 11.6 Å². The Kier molecular flexibility index (Phi) is 5.38. The topological polar surface area (TPSA) is 41.6 Å². The van der Waals surface area contributed by atoms with Gasteiger partial charge in [-0.2, -0.15) is 0 Å². The number of benzene rings is 2. The molecule has 0 aromatic heterocycles. The number of hydrogen-bond donors (Lipinski definition) is 1. The van der Waals surface area contributed by atoms with Crippen LogP contribution in [-0.4, -0.2) is 32.2 Å². The molecule has 5 heteroatoms. The van der Waals surface area contributed by atoms with E-state index < -0.39 is 0 Å². The maximum atomic E-state index is 12.2. The highest BCUT2D eigenvalue weighted by atomic mass is 35.5. The molecule has 0 aliphatic carbocycles. The Balaban J connectivity index is 1.59. The molecule has 1 aliphatic rings. The summed E-state index contributed by atoms with van der Waals surface area (Å²) in [6.45, 7) is 5.81. The molecule has 1 fully saturated rings. The Bertz CT molecular complexity index is 710. The lowest BCUT2D eigenvalue weighted by atomic mass is 10.1. The van der Waals surface area contributed by atoms with Crippen molar-refractivity contribution in [3.8, 4) is 0 Å². The lowest BCUT2D eigenvalue weighted by Crippen LogP contribution is -2.36. The first-order chi connectivity index (χ1) is 11.6. The molecule has 1 aliphatic heterocycles. The summed E-state index contributed by atoms with van der Waals surface area (Å²) in [5, 5.41) is 3.40. The molecule has 1 saturated heterocycles. The van der Waals surface area contributed by atoms with Gasteiger partial charge in [0.15, 0.2) is 0 Å². The first-order valence-corrected chi connectivity index (χ1v) is 8.47. The molecule has 24 heavy (non-hydrogen) atoms. The van der Waals surface area contributed by atoms with Crippen molar-refractivity contribution in [1.29, 1.82) is 0 Å². The fraction of sp³-hybridized carbons (Fsp3) is 0.316. The van der Waals surface area contributed by atoms with Gasteiger partial charge < -0.3 is 15.0 Å². The second-order valence-electron chi connectivity index (χ2n) is 5.93. The maximum Gasteiger partial charge on any atom is 0.253 e. The van der Waals surface area contributed by atoms with Crippen molar-refractivity contribution in [2.45, 2.75) is 13.5 Å². The Hall–Kier alpha value is -2.04. The number of rotatable bonds is 4. The van der Waals surface area contributed by atoms with Crippen molar-refractivity contribution < 1.29 is 9.53 Å². The zero-order chi connectivity index (χ0) is 16.9. The minimum atomic E-state index is -0.155.